The van der Waals surface area contributed by atoms with Gasteiger partial charge in [-0.1, -0.05) is 20.8 Å². The highest BCUT2D eigenvalue weighted by Gasteiger charge is 2.32. The number of nitrogens with one attached hydrogen (secondary N) is 1. The summed E-state index contributed by atoms with van der Waals surface area (Å²) in [5.41, 5.74) is 13.7. The van der Waals surface area contributed by atoms with Gasteiger partial charge in [-0.15, -0.1) is 0 Å². The van der Waals surface area contributed by atoms with E-state index in [0.29, 0.717) is 25.7 Å². The fourth-order valence-electron chi connectivity index (χ4n) is 6.55. The molecule has 1 fully saturated rings. The average molecular weight is 629 g/mol. The average Bonchev–Trinajstić information content (AvgIpc) is 3.46. The van der Waals surface area contributed by atoms with Crippen LogP contribution in [0.3, 0.4) is 0 Å². The first kappa shape index (κ1) is 33.2. The van der Waals surface area contributed by atoms with E-state index >= 15 is 0 Å². The van der Waals surface area contributed by atoms with Gasteiger partial charge in [0.2, 0.25) is 0 Å². The van der Waals surface area contributed by atoms with Gasteiger partial charge in [0.15, 0.2) is 6.29 Å². The normalized spacial score (nSPS) is 16.4. The molecule has 0 amide bonds. The van der Waals surface area contributed by atoms with Crippen LogP contribution in [0.25, 0.3) is 11.1 Å². The van der Waals surface area contributed by atoms with Crippen molar-refractivity contribution in [1.29, 1.82) is 0 Å². The van der Waals surface area contributed by atoms with Gasteiger partial charge < -0.3 is 29.8 Å². The van der Waals surface area contributed by atoms with Gasteiger partial charge >= 0.3 is 0 Å². The number of hydrogen-bond acceptors (Lipinski definition) is 8. The minimum absolute atomic E-state index is 0.210. The lowest BCUT2D eigenvalue weighted by atomic mass is 9.90. The van der Waals surface area contributed by atoms with Crippen molar-refractivity contribution in [2.24, 2.45) is 23.2 Å². The summed E-state index contributed by atoms with van der Waals surface area (Å²) in [5.74, 6) is 1.12. The van der Waals surface area contributed by atoms with Crippen LogP contribution in [-0.2, 0) is 37.6 Å². The molecule has 5 rings (SSSR count). The maximum absolute atomic E-state index is 13.2. The number of aryl methyl sites for hydroxylation is 1. The lowest BCUT2D eigenvalue weighted by Gasteiger charge is -2.35. The predicted molar refractivity (Wildman–Crippen MR) is 184 cm³/mol. The Hall–Kier alpha value is -4.22. The summed E-state index contributed by atoms with van der Waals surface area (Å²) in [5, 5.41) is 3.19. The molecule has 1 aliphatic heterocycles. The van der Waals surface area contributed by atoms with E-state index in [1.54, 1.807) is 30.0 Å². The van der Waals surface area contributed by atoms with Crippen molar-refractivity contribution >= 4 is 23.6 Å². The van der Waals surface area contributed by atoms with Crippen LogP contribution in [0.4, 0.5) is 11.5 Å². The summed E-state index contributed by atoms with van der Waals surface area (Å²) in [7, 11) is 7.66. The molecule has 246 valence electrons. The molecule has 2 aliphatic rings. The third-order valence-corrected chi connectivity index (χ3v) is 9.20. The van der Waals surface area contributed by atoms with Crippen LogP contribution in [0.1, 0.15) is 48.1 Å². The number of amidine groups is 1. The molecule has 11 heteroatoms. The highest BCUT2D eigenvalue weighted by molar-refractivity contribution is 5.94. The Labute approximate surface area is 271 Å². The van der Waals surface area contributed by atoms with Crippen LogP contribution >= 0.6 is 0 Å². The summed E-state index contributed by atoms with van der Waals surface area (Å²) < 4.78 is 9.04. The Balaban J connectivity index is 1.40. The molecular weight excluding hydrogens is 580 g/mol. The third kappa shape index (κ3) is 6.95. The third-order valence-electron chi connectivity index (χ3n) is 9.20. The van der Waals surface area contributed by atoms with E-state index in [1.807, 2.05) is 33.4 Å². The molecule has 3 N–H and O–H groups in total. The van der Waals surface area contributed by atoms with Crippen LogP contribution in [0.15, 0.2) is 52.2 Å². The molecule has 11 nitrogen and oxygen atoms in total. The lowest BCUT2D eigenvalue weighted by molar-refractivity contribution is -0.0534. The summed E-state index contributed by atoms with van der Waals surface area (Å²) in [6, 6.07) is 6.22. The number of pyridine rings is 2. The van der Waals surface area contributed by atoms with Gasteiger partial charge in [-0.05, 0) is 61.1 Å². The van der Waals surface area contributed by atoms with Gasteiger partial charge in [-0.2, -0.15) is 0 Å². The first-order valence-electron chi connectivity index (χ1n) is 16.0. The minimum Gasteiger partial charge on any atom is -0.390 e. The quantitative estimate of drug-likeness (QED) is 0.168. The molecule has 3 aromatic heterocycles. The number of hydrogen-bond donors (Lipinski definition) is 2. The number of carbonyl (C=O) groups excluding carboxylic acids is 1. The molecule has 4 heterocycles. The van der Waals surface area contributed by atoms with Gasteiger partial charge in [0.1, 0.15) is 17.3 Å². The first-order valence-corrected chi connectivity index (χ1v) is 16.0. The zero-order valence-corrected chi connectivity index (χ0v) is 28.3. The van der Waals surface area contributed by atoms with Crippen LogP contribution < -0.4 is 21.5 Å². The van der Waals surface area contributed by atoms with E-state index in [1.165, 1.54) is 11.3 Å². The van der Waals surface area contributed by atoms with Gasteiger partial charge in [0, 0.05) is 81.8 Å². The van der Waals surface area contributed by atoms with Crippen LogP contribution in [-0.4, -0.2) is 84.6 Å². The summed E-state index contributed by atoms with van der Waals surface area (Å²) in [6.45, 7) is 10.1. The summed E-state index contributed by atoms with van der Waals surface area (Å²) in [4.78, 5) is 38.7. The van der Waals surface area contributed by atoms with E-state index in [2.05, 4.69) is 51.5 Å². The second-order valence-electron chi connectivity index (χ2n) is 13.4. The Kier molecular flexibility index (Phi) is 9.83. The number of nitrogens with zero attached hydrogens (tertiary/aromatic N) is 6. The molecule has 0 radical (unpaired) electrons. The maximum Gasteiger partial charge on any atom is 0.276 e. The number of carbonyl (C=O) groups is 1. The molecule has 0 bridgehead atoms. The zero-order valence-electron chi connectivity index (χ0n) is 28.3. The van der Waals surface area contributed by atoms with Gasteiger partial charge in [0.05, 0.1) is 24.9 Å². The van der Waals surface area contributed by atoms with Crippen LogP contribution in [0, 0.1) is 5.41 Å². The van der Waals surface area contributed by atoms with Gasteiger partial charge in [-0.3, -0.25) is 14.5 Å². The number of aldehydes is 1. The topological polar surface area (TPSA) is 123 Å². The number of likely N-dealkylation sites (N-methyl/N-ethyl adjacent to an activating group) is 3. The fraction of sp³-hybridized carbons (Fsp3) is 0.486. The fourth-order valence-corrected chi connectivity index (χ4v) is 6.55. The maximum atomic E-state index is 13.2. The highest BCUT2D eigenvalue weighted by Crippen LogP contribution is 2.38. The highest BCUT2D eigenvalue weighted by atomic mass is 16.5. The van der Waals surface area contributed by atoms with Gasteiger partial charge in [-0.25, -0.2) is 9.98 Å². The molecule has 46 heavy (non-hydrogen) atoms. The van der Waals surface area contributed by atoms with Crippen molar-refractivity contribution in [2.75, 3.05) is 52.3 Å². The van der Waals surface area contributed by atoms with E-state index in [9.17, 15) is 9.59 Å². The van der Waals surface area contributed by atoms with E-state index in [-0.39, 0.29) is 22.5 Å². The standard InChI is InChI=1S/C35H48N8O3/c1-8-28-29(9-10-38-33(28)40(5)11-12-43-26(20-44)13-23-16-35(2,3)17-31(23)43)24-14-30(34(45)42(7)18-24)39-32(36)15-25(37-4)19-41(6)27-21-46-22-27/h9-10,13-15,18,20,27,37H,8,11-12,16-17,19,21-22H2,1-7H3,(H2,36,39)/b25-15-. The number of anilines is 1. The van der Waals surface area contributed by atoms with Gasteiger partial charge in [0.25, 0.3) is 5.56 Å². The van der Waals surface area contributed by atoms with E-state index in [0.717, 1.165) is 72.7 Å². The van der Waals surface area contributed by atoms with Crippen molar-refractivity contribution < 1.29 is 9.53 Å². The predicted octanol–water partition coefficient (Wildman–Crippen LogP) is 3.31. The molecule has 0 saturated carbocycles. The monoisotopic (exact) mass is 628 g/mol. The Morgan fingerprint density at radius 1 is 1.26 bits per heavy atom. The van der Waals surface area contributed by atoms with Crippen LogP contribution in [0.5, 0.6) is 0 Å². The van der Waals surface area contributed by atoms with Crippen LogP contribution in [0.2, 0.25) is 0 Å². The number of nitrogens with two attached hydrogens (primary N) is 1. The molecular formula is C35H48N8O3. The number of aliphatic imine (C=N–C) groups is 1. The second kappa shape index (κ2) is 13.6. The van der Waals surface area contributed by atoms with Crippen molar-refractivity contribution in [3.8, 4) is 11.1 Å². The van der Waals surface area contributed by atoms with Crippen molar-refractivity contribution in [3.05, 3.63) is 75.2 Å². The Bertz CT molecular complexity index is 1710. The number of aromatic nitrogens is 3. The van der Waals surface area contributed by atoms with Crippen molar-refractivity contribution in [1.82, 2.24) is 24.3 Å². The zero-order chi connectivity index (χ0) is 33.2. The first-order chi connectivity index (χ1) is 21.9. The molecule has 1 aliphatic carbocycles. The largest absolute Gasteiger partial charge is 0.390 e. The number of fused-ring (bicyclic) bond motifs is 1. The molecule has 0 unspecified atom stereocenters. The summed E-state index contributed by atoms with van der Waals surface area (Å²) in [6.07, 6.45) is 9.08. The molecule has 1 saturated heterocycles. The minimum atomic E-state index is -0.229. The summed E-state index contributed by atoms with van der Waals surface area (Å²) >= 11 is 0. The number of rotatable bonds is 13. The van der Waals surface area contributed by atoms with E-state index < -0.39 is 0 Å². The molecule has 0 atom stereocenters. The Morgan fingerprint density at radius 3 is 2.67 bits per heavy atom. The molecule has 3 aromatic rings. The molecule has 0 spiro atoms. The number of ether oxygens (including phenoxy) is 1. The second-order valence-corrected chi connectivity index (χ2v) is 13.4. The SMILES string of the molecule is CCc1c(-c2cc(N=C(N)/C=C(/CN(C)C3COC3)NC)c(=O)n(C)c2)ccnc1N(C)CCn1c(C=O)cc2c1CC(C)(C)C2. The smallest absolute Gasteiger partial charge is 0.276 e. The lowest BCUT2D eigenvalue weighted by Crippen LogP contribution is -2.48. The van der Waals surface area contributed by atoms with Crippen molar-refractivity contribution in [2.45, 2.75) is 52.6 Å². The van der Waals surface area contributed by atoms with E-state index in [4.69, 9.17) is 15.5 Å². The van der Waals surface area contributed by atoms with Crippen molar-refractivity contribution in [3.63, 3.8) is 0 Å². The molecule has 0 aromatic carbocycles. The Morgan fingerprint density at radius 2 is 2.02 bits per heavy atom.